The van der Waals surface area contributed by atoms with Crippen molar-refractivity contribution in [3.8, 4) is 22.5 Å². The minimum atomic E-state index is 0.147. The van der Waals surface area contributed by atoms with Crippen molar-refractivity contribution in [3.63, 3.8) is 0 Å². The Kier molecular flexibility index (Phi) is 5.94. The number of nitrogens with one attached hydrogen (secondary N) is 1. The highest BCUT2D eigenvalue weighted by molar-refractivity contribution is 6.12. The van der Waals surface area contributed by atoms with Crippen molar-refractivity contribution >= 4 is 55.4 Å². The van der Waals surface area contributed by atoms with Crippen LogP contribution < -0.4 is 5.32 Å². The van der Waals surface area contributed by atoms with Crippen LogP contribution in [0.1, 0.15) is 17.2 Å². The maximum atomic E-state index is 3.78. The number of nitrogens with zero attached hydrogens (tertiary/aromatic N) is 2. The van der Waals surface area contributed by atoms with Crippen LogP contribution in [-0.4, -0.2) is 9.13 Å². The van der Waals surface area contributed by atoms with E-state index < -0.39 is 0 Å². The van der Waals surface area contributed by atoms with Crippen LogP contribution in [0, 0.1) is 0 Å². The van der Waals surface area contributed by atoms with Crippen molar-refractivity contribution in [2.45, 2.75) is 6.04 Å². The van der Waals surface area contributed by atoms with Gasteiger partial charge in [-0.25, -0.2) is 0 Å². The van der Waals surface area contributed by atoms with Crippen LogP contribution in [0.2, 0.25) is 0 Å². The van der Waals surface area contributed by atoms with Gasteiger partial charge in [0.05, 0.1) is 28.1 Å². The summed E-state index contributed by atoms with van der Waals surface area (Å²) in [4.78, 5) is 0. The number of aromatic nitrogens is 2. The fourth-order valence-corrected chi connectivity index (χ4v) is 7.66. The predicted octanol–water partition coefficient (Wildman–Crippen LogP) is 11.7. The molecular formula is C45H31N3. The standard InChI is InChI=1S/C45H31N3/c1-3-11-30(12-4-1)40-24-20-31-19-23-35(29-41(31)46-40)48-43-18-10-8-16-37(43)39-28-33(22-26-45(39)48)32-21-25-44-38(27-32)36-15-7-9-17-42(36)47(44)34-13-5-2-6-14-34/h1-29,40,46H. The van der Waals surface area contributed by atoms with Crippen LogP contribution in [0.5, 0.6) is 0 Å². The Morgan fingerprint density at radius 1 is 0.417 bits per heavy atom. The van der Waals surface area contributed by atoms with Crippen LogP contribution in [0.15, 0.2) is 170 Å². The van der Waals surface area contributed by atoms with Gasteiger partial charge in [0.1, 0.15) is 0 Å². The fraction of sp³-hybridized carbons (Fsp3) is 0.0222. The molecule has 0 amide bonds. The Bertz CT molecular complexity index is 2690. The minimum Gasteiger partial charge on any atom is -0.374 e. The van der Waals surface area contributed by atoms with E-state index in [2.05, 4.69) is 190 Å². The van der Waals surface area contributed by atoms with Crippen molar-refractivity contribution in [2.24, 2.45) is 0 Å². The number of hydrogen-bond acceptors (Lipinski definition) is 1. The molecule has 0 bridgehead atoms. The number of fused-ring (bicyclic) bond motifs is 7. The quantitative estimate of drug-likeness (QED) is 0.210. The summed E-state index contributed by atoms with van der Waals surface area (Å²) in [5.41, 5.74) is 13.2. The Labute approximate surface area is 278 Å². The Morgan fingerprint density at radius 3 is 1.60 bits per heavy atom. The first-order valence-electron chi connectivity index (χ1n) is 16.6. The predicted molar refractivity (Wildman–Crippen MR) is 202 cm³/mol. The lowest BCUT2D eigenvalue weighted by molar-refractivity contribution is 0.977. The van der Waals surface area contributed by atoms with Crippen molar-refractivity contribution in [3.05, 3.63) is 181 Å². The van der Waals surface area contributed by atoms with E-state index in [0.717, 1.165) is 11.4 Å². The maximum absolute atomic E-state index is 3.78. The average molecular weight is 614 g/mol. The molecule has 0 radical (unpaired) electrons. The normalized spacial score (nSPS) is 14.1. The highest BCUT2D eigenvalue weighted by Crippen LogP contribution is 2.39. The van der Waals surface area contributed by atoms with Gasteiger partial charge in [0.2, 0.25) is 0 Å². The molecule has 10 rings (SSSR count). The van der Waals surface area contributed by atoms with Gasteiger partial charge in [-0.3, -0.25) is 0 Å². The number of benzene rings is 7. The van der Waals surface area contributed by atoms with Crippen LogP contribution in [0.3, 0.4) is 0 Å². The molecule has 9 aromatic rings. The van der Waals surface area contributed by atoms with E-state index in [0.29, 0.717) is 0 Å². The molecule has 1 aliphatic heterocycles. The van der Waals surface area contributed by atoms with Gasteiger partial charge in [-0.05, 0) is 82.9 Å². The van der Waals surface area contributed by atoms with Crippen LogP contribution >= 0.6 is 0 Å². The van der Waals surface area contributed by atoms with Gasteiger partial charge >= 0.3 is 0 Å². The number of para-hydroxylation sites is 3. The second kappa shape index (κ2) is 10.6. The molecule has 3 nitrogen and oxygen atoms in total. The van der Waals surface area contributed by atoms with Gasteiger partial charge in [-0.2, -0.15) is 0 Å². The van der Waals surface area contributed by atoms with Crippen LogP contribution in [-0.2, 0) is 0 Å². The summed E-state index contributed by atoms with van der Waals surface area (Å²) in [6, 6.07) is 59.5. The number of hydrogen-bond donors (Lipinski definition) is 1. The fourth-order valence-electron chi connectivity index (χ4n) is 7.66. The summed E-state index contributed by atoms with van der Waals surface area (Å²) in [5.74, 6) is 0. The molecule has 1 atom stereocenters. The first kappa shape index (κ1) is 26.9. The molecule has 3 heterocycles. The maximum Gasteiger partial charge on any atom is 0.0701 e. The second-order valence-electron chi connectivity index (χ2n) is 12.7. The van der Waals surface area contributed by atoms with Crippen molar-refractivity contribution in [1.29, 1.82) is 0 Å². The number of anilines is 1. The second-order valence-corrected chi connectivity index (χ2v) is 12.7. The molecule has 48 heavy (non-hydrogen) atoms. The molecule has 3 heteroatoms. The van der Waals surface area contributed by atoms with E-state index in [1.54, 1.807) is 0 Å². The van der Waals surface area contributed by atoms with E-state index in [9.17, 15) is 0 Å². The molecule has 0 aliphatic carbocycles. The first-order chi connectivity index (χ1) is 23.8. The van der Waals surface area contributed by atoms with Crippen molar-refractivity contribution in [1.82, 2.24) is 9.13 Å². The van der Waals surface area contributed by atoms with Gasteiger partial charge in [0.15, 0.2) is 0 Å². The molecule has 1 unspecified atom stereocenters. The molecule has 0 saturated heterocycles. The molecule has 226 valence electrons. The summed E-state index contributed by atoms with van der Waals surface area (Å²) in [7, 11) is 0. The third kappa shape index (κ3) is 4.14. The molecule has 7 aromatic carbocycles. The Morgan fingerprint density at radius 2 is 0.958 bits per heavy atom. The monoisotopic (exact) mass is 613 g/mol. The molecular weight excluding hydrogens is 583 g/mol. The molecule has 1 N–H and O–H groups in total. The van der Waals surface area contributed by atoms with Gasteiger partial charge in [-0.15, -0.1) is 0 Å². The molecule has 2 aromatic heterocycles. The highest BCUT2D eigenvalue weighted by atomic mass is 15.0. The zero-order valence-electron chi connectivity index (χ0n) is 26.2. The zero-order chi connectivity index (χ0) is 31.6. The first-order valence-corrected chi connectivity index (χ1v) is 16.6. The topological polar surface area (TPSA) is 21.9 Å². The lowest BCUT2D eigenvalue weighted by Crippen LogP contribution is -2.12. The smallest absolute Gasteiger partial charge is 0.0701 e. The van der Waals surface area contributed by atoms with E-state index in [4.69, 9.17) is 0 Å². The molecule has 0 saturated carbocycles. The SMILES string of the molecule is C1=CC(c2ccccc2)Nc2cc(-n3c4ccccc4c4cc(-c5ccc6c(c5)c5ccccc5n6-c5ccccc5)ccc43)ccc21. The third-order valence-corrected chi connectivity index (χ3v) is 9.93. The lowest BCUT2D eigenvalue weighted by atomic mass is 9.99. The van der Waals surface area contributed by atoms with E-state index in [-0.39, 0.29) is 6.04 Å². The van der Waals surface area contributed by atoms with Crippen LogP contribution in [0.25, 0.3) is 72.2 Å². The summed E-state index contributed by atoms with van der Waals surface area (Å²) in [6.45, 7) is 0. The van der Waals surface area contributed by atoms with Crippen LogP contribution in [0.4, 0.5) is 5.69 Å². The molecule has 1 aliphatic rings. The van der Waals surface area contributed by atoms with Crippen molar-refractivity contribution < 1.29 is 0 Å². The highest BCUT2D eigenvalue weighted by Gasteiger charge is 2.18. The summed E-state index contributed by atoms with van der Waals surface area (Å²) in [5, 5.41) is 8.81. The average Bonchev–Trinajstić information content (AvgIpc) is 3.67. The van der Waals surface area contributed by atoms with E-state index in [1.165, 1.54) is 71.6 Å². The summed E-state index contributed by atoms with van der Waals surface area (Å²) < 4.78 is 4.78. The van der Waals surface area contributed by atoms with Gasteiger partial charge < -0.3 is 14.5 Å². The minimum absolute atomic E-state index is 0.147. The van der Waals surface area contributed by atoms with E-state index in [1.807, 2.05) is 0 Å². The Balaban J connectivity index is 1.10. The summed E-state index contributed by atoms with van der Waals surface area (Å²) >= 11 is 0. The van der Waals surface area contributed by atoms with E-state index >= 15 is 0 Å². The van der Waals surface area contributed by atoms with Gasteiger partial charge in [-0.1, -0.05) is 115 Å². The molecule has 0 fully saturated rings. The lowest BCUT2D eigenvalue weighted by Gasteiger charge is -2.23. The number of rotatable bonds is 4. The van der Waals surface area contributed by atoms with Gasteiger partial charge in [0.25, 0.3) is 0 Å². The third-order valence-electron chi connectivity index (χ3n) is 9.93. The zero-order valence-corrected chi connectivity index (χ0v) is 26.2. The van der Waals surface area contributed by atoms with Crippen molar-refractivity contribution in [2.75, 3.05) is 5.32 Å². The summed E-state index contributed by atoms with van der Waals surface area (Å²) in [6.07, 6.45) is 4.48. The largest absolute Gasteiger partial charge is 0.374 e. The molecule has 0 spiro atoms. The van der Waals surface area contributed by atoms with Gasteiger partial charge in [0, 0.05) is 38.6 Å². The Hall–Kier alpha value is -6.32.